The SMILES string of the molecule is CCCCNc1cc(Oc2ccc(N)cc2)ccn1.CCCCNc1cc(Oc2ccc(NC(=O)Nc3ccc(F)cc3)cc2)ccn1. The Morgan fingerprint density at radius 2 is 1.08 bits per heavy atom. The van der Waals surface area contributed by atoms with Gasteiger partial charge in [0.15, 0.2) is 0 Å². The van der Waals surface area contributed by atoms with Gasteiger partial charge in [-0.1, -0.05) is 26.7 Å². The maximum Gasteiger partial charge on any atom is 0.323 e. The van der Waals surface area contributed by atoms with E-state index in [0.717, 1.165) is 67.6 Å². The van der Waals surface area contributed by atoms with E-state index < -0.39 is 6.03 Å². The highest BCUT2D eigenvalue weighted by Crippen LogP contribution is 2.25. The van der Waals surface area contributed by atoms with Crippen LogP contribution >= 0.6 is 0 Å². The van der Waals surface area contributed by atoms with Crippen LogP contribution in [0.2, 0.25) is 0 Å². The molecule has 0 radical (unpaired) electrons. The van der Waals surface area contributed by atoms with Gasteiger partial charge in [-0.05, 0) is 97.8 Å². The van der Waals surface area contributed by atoms with Crippen LogP contribution in [-0.2, 0) is 0 Å². The molecule has 0 aliphatic heterocycles. The number of carbonyl (C=O) groups is 1. The molecule has 250 valence electrons. The molecule has 0 saturated carbocycles. The number of amides is 2. The molecular weight excluding hydrogens is 609 g/mol. The number of nitrogens with one attached hydrogen (secondary N) is 4. The van der Waals surface area contributed by atoms with E-state index in [0.29, 0.717) is 22.9 Å². The molecule has 5 aromatic rings. The largest absolute Gasteiger partial charge is 0.457 e. The van der Waals surface area contributed by atoms with Gasteiger partial charge >= 0.3 is 6.03 Å². The number of anilines is 5. The predicted molar refractivity (Wildman–Crippen MR) is 192 cm³/mol. The summed E-state index contributed by atoms with van der Waals surface area (Å²) in [6, 6.07) is 26.8. The molecule has 2 aromatic heterocycles. The van der Waals surface area contributed by atoms with Crippen molar-refractivity contribution in [3.05, 3.63) is 115 Å². The number of urea groups is 1. The van der Waals surface area contributed by atoms with Crippen LogP contribution in [0.3, 0.4) is 0 Å². The first kappa shape index (κ1) is 35.0. The first-order valence-electron chi connectivity index (χ1n) is 15.9. The zero-order valence-corrected chi connectivity index (χ0v) is 27.2. The zero-order chi connectivity index (χ0) is 34.0. The summed E-state index contributed by atoms with van der Waals surface area (Å²) < 4.78 is 24.5. The van der Waals surface area contributed by atoms with Crippen molar-refractivity contribution < 1.29 is 18.7 Å². The third kappa shape index (κ3) is 12.5. The quantitative estimate of drug-likeness (QED) is 0.0592. The fourth-order valence-electron chi connectivity index (χ4n) is 4.17. The summed E-state index contributed by atoms with van der Waals surface area (Å²) in [4.78, 5) is 20.6. The van der Waals surface area contributed by atoms with E-state index in [1.54, 1.807) is 42.7 Å². The van der Waals surface area contributed by atoms with Crippen molar-refractivity contribution in [3.8, 4) is 23.0 Å². The fourth-order valence-corrected chi connectivity index (χ4v) is 4.17. The Morgan fingerprint density at radius 1 is 0.646 bits per heavy atom. The molecule has 10 nitrogen and oxygen atoms in total. The lowest BCUT2D eigenvalue weighted by atomic mass is 10.3. The van der Waals surface area contributed by atoms with E-state index in [-0.39, 0.29) is 5.82 Å². The van der Waals surface area contributed by atoms with Crippen molar-refractivity contribution in [2.45, 2.75) is 39.5 Å². The number of benzene rings is 3. The Bertz CT molecular complexity index is 1690. The molecule has 3 aromatic carbocycles. The van der Waals surface area contributed by atoms with Crippen molar-refractivity contribution in [1.29, 1.82) is 0 Å². The molecule has 0 aliphatic rings. The lowest BCUT2D eigenvalue weighted by molar-refractivity contribution is 0.262. The van der Waals surface area contributed by atoms with Gasteiger partial charge in [-0.25, -0.2) is 19.2 Å². The van der Waals surface area contributed by atoms with Crippen molar-refractivity contribution >= 4 is 34.7 Å². The van der Waals surface area contributed by atoms with Gasteiger partial charge in [-0.15, -0.1) is 0 Å². The minimum absolute atomic E-state index is 0.357. The first-order chi connectivity index (χ1) is 23.4. The Hall–Kier alpha value is -5.84. The average Bonchev–Trinajstić information content (AvgIpc) is 3.09. The molecule has 0 saturated heterocycles. The van der Waals surface area contributed by atoms with E-state index in [4.69, 9.17) is 15.2 Å². The Morgan fingerprint density at radius 3 is 1.54 bits per heavy atom. The van der Waals surface area contributed by atoms with Gasteiger partial charge in [0.05, 0.1) is 0 Å². The highest BCUT2D eigenvalue weighted by atomic mass is 19.1. The number of hydrogen-bond acceptors (Lipinski definition) is 8. The van der Waals surface area contributed by atoms with E-state index in [2.05, 4.69) is 45.1 Å². The van der Waals surface area contributed by atoms with Crippen LogP contribution in [0.1, 0.15) is 39.5 Å². The minimum atomic E-state index is -0.415. The van der Waals surface area contributed by atoms with Gasteiger partial charge in [-0.3, -0.25) is 0 Å². The number of ether oxygens (including phenoxy) is 2. The van der Waals surface area contributed by atoms with E-state index in [1.165, 1.54) is 24.3 Å². The zero-order valence-electron chi connectivity index (χ0n) is 27.2. The summed E-state index contributed by atoms with van der Waals surface area (Å²) in [5.41, 5.74) is 7.47. The number of nitrogens with zero attached hydrogens (tertiary/aromatic N) is 2. The first-order valence-corrected chi connectivity index (χ1v) is 15.9. The number of nitrogen functional groups attached to an aromatic ring is 1. The number of rotatable bonds is 14. The Balaban J connectivity index is 0.000000237. The van der Waals surface area contributed by atoms with Crippen LogP contribution in [0.5, 0.6) is 23.0 Å². The number of carbonyl (C=O) groups excluding carboxylic acids is 1. The van der Waals surface area contributed by atoms with Crippen LogP contribution in [0.15, 0.2) is 109 Å². The molecule has 0 aliphatic carbocycles. The third-order valence-electron chi connectivity index (χ3n) is 6.70. The molecule has 0 unspecified atom stereocenters. The second kappa shape index (κ2) is 19.0. The Labute approximate surface area is 280 Å². The monoisotopic (exact) mass is 651 g/mol. The van der Waals surface area contributed by atoms with Gasteiger partial charge in [0, 0.05) is 54.7 Å². The molecule has 2 amide bonds. The summed E-state index contributed by atoms with van der Waals surface area (Å²) in [6.45, 7) is 6.09. The average molecular weight is 652 g/mol. The summed E-state index contributed by atoms with van der Waals surface area (Å²) in [5, 5.41) is 11.9. The van der Waals surface area contributed by atoms with Crippen LogP contribution in [0, 0.1) is 5.82 Å². The molecule has 0 bridgehead atoms. The van der Waals surface area contributed by atoms with Crippen molar-refractivity contribution in [2.75, 3.05) is 40.1 Å². The smallest absolute Gasteiger partial charge is 0.323 e. The molecule has 0 fully saturated rings. The van der Waals surface area contributed by atoms with Gasteiger partial charge in [0.25, 0.3) is 0 Å². The van der Waals surface area contributed by atoms with Crippen LogP contribution in [-0.4, -0.2) is 29.1 Å². The van der Waals surface area contributed by atoms with Crippen molar-refractivity contribution in [3.63, 3.8) is 0 Å². The van der Waals surface area contributed by atoms with E-state index in [1.807, 2.05) is 42.5 Å². The molecule has 0 atom stereocenters. The molecule has 0 spiro atoms. The van der Waals surface area contributed by atoms with Gasteiger partial charge in [-0.2, -0.15) is 0 Å². The topological polar surface area (TPSA) is 135 Å². The second-order valence-corrected chi connectivity index (χ2v) is 10.7. The summed E-state index contributed by atoms with van der Waals surface area (Å²) >= 11 is 0. The van der Waals surface area contributed by atoms with Crippen molar-refractivity contribution in [2.24, 2.45) is 0 Å². The molecule has 2 heterocycles. The number of hydrogen-bond donors (Lipinski definition) is 5. The molecular formula is C37H42FN7O3. The van der Waals surface area contributed by atoms with E-state index >= 15 is 0 Å². The maximum atomic E-state index is 12.9. The number of unbranched alkanes of at least 4 members (excludes halogenated alkanes) is 2. The molecule has 6 N–H and O–H groups in total. The number of pyridine rings is 2. The van der Waals surface area contributed by atoms with Gasteiger partial charge < -0.3 is 36.5 Å². The normalized spacial score (nSPS) is 10.2. The third-order valence-corrected chi connectivity index (χ3v) is 6.70. The molecule has 5 rings (SSSR count). The van der Waals surface area contributed by atoms with Crippen molar-refractivity contribution in [1.82, 2.24) is 9.97 Å². The van der Waals surface area contributed by atoms with Gasteiger partial charge in [0.2, 0.25) is 0 Å². The summed E-state index contributed by atoms with van der Waals surface area (Å²) in [6.07, 6.45) is 7.92. The molecule has 48 heavy (non-hydrogen) atoms. The lowest BCUT2D eigenvalue weighted by Crippen LogP contribution is -2.19. The summed E-state index contributed by atoms with van der Waals surface area (Å²) in [5.74, 6) is 4.09. The van der Waals surface area contributed by atoms with Crippen LogP contribution < -0.4 is 36.5 Å². The highest BCUT2D eigenvalue weighted by Gasteiger charge is 2.05. The Kier molecular flexibility index (Phi) is 13.8. The maximum absolute atomic E-state index is 12.9. The number of nitrogens with two attached hydrogens (primary N) is 1. The fraction of sp³-hybridized carbons (Fsp3) is 0.216. The summed E-state index contributed by atoms with van der Waals surface area (Å²) in [7, 11) is 0. The lowest BCUT2D eigenvalue weighted by Gasteiger charge is -2.10. The minimum Gasteiger partial charge on any atom is -0.457 e. The number of halogens is 1. The standard InChI is InChI=1S/C22H23FN4O2.C15H19N3O/c1-2-3-13-24-21-15-20(12-14-25-21)29-19-10-8-18(9-11-19)27-22(28)26-17-6-4-16(23)5-7-17;1-2-3-9-17-15-11-14(8-10-18-15)19-13-6-4-12(16)5-7-13/h4-12,14-15H,2-3,13H2,1H3,(H,24,25)(H2,26,27,28);4-8,10-11H,2-3,9,16H2,1H3,(H,17,18). The second-order valence-electron chi connectivity index (χ2n) is 10.7. The van der Waals surface area contributed by atoms with E-state index in [9.17, 15) is 9.18 Å². The van der Waals surface area contributed by atoms with Crippen LogP contribution in [0.25, 0.3) is 0 Å². The molecule has 11 heteroatoms. The van der Waals surface area contributed by atoms with Gasteiger partial charge in [0.1, 0.15) is 40.5 Å². The number of aromatic nitrogens is 2. The van der Waals surface area contributed by atoms with Crippen LogP contribution in [0.4, 0.5) is 37.9 Å². The highest BCUT2D eigenvalue weighted by molar-refractivity contribution is 5.99. The predicted octanol–water partition coefficient (Wildman–Crippen LogP) is 9.54.